The second kappa shape index (κ2) is 7.27. The predicted octanol–water partition coefficient (Wildman–Crippen LogP) is 4.07. The molecular weight excluding hydrogens is 354 g/mol. The number of carboxylic acid groups (broad SMARTS) is 2. The van der Waals surface area contributed by atoms with Gasteiger partial charge in [-0.25, -0.2) is 14.6 Å². The molecule has 1 heterocycles. The second-order valence-corrected chi connectivity index (χ2v) is 7.92. The van der Waals surface area contributed by atoms with Gasteiger partial charge in [0.1, 0.15) is 12.2 Å². The van der Waals surface area contributed by atoms with Crippen LogP contribution in [0.4, 0.5) is 9.59 Å². The molecule has 0 spiro atoms. The Balaban J connectivity index is 1.68. The van der Waals surface area contributed by atoms with Gasteiger partial charge in [-0.2, -0.15) is 0 Å². The number of carbonyl (C=O) groups is 2. The van der Waals surface area contributed by atoms with Crippen molar-refractivity contribution < 1.29 is 29.3 Å². The molecule has 0 amide bonds. The van der Waals surface area contributed by atoms with Crippen molar-refractivity contribution in [2.75, 3.05) is 0 Å². The van der Waals surface area contributed by atoms with Crippen LogP contribution in [0.25, 0.3) is 10.2 Å². The van der Waals surface area contributed by atoms with Gasteiger partial charge < -0.3 is 19.7 Å². The van der Waals surface area contributed by atoms with Crippen LogP contribution in [0, 0.1) is 0 Å². The molecule has 3 rings (SSSR count). The van der Waals surface area contributed by atoms with Gasteiger partial charge in [0.25, 0.3) is 0 Å². The van der Waals surface area contributed by atoms with E-state index in [0.717, 1.165) is 14.6 Å². The lowest BCUT2D eigenvalue weighted by Crippen LogP contribution is -2.41. The molecule has 0 saturated heterocycles. The van der Waals surface area contributed by atoms with Gasteiger partial charge in [0, 0.05) is 11.7 Å². The second-order valence-electron chi connectivity index (χ2n) is 5.34. The van der Waals surface area contributed by atoms with E-state index in [-0.39, 0.29) is 5.25 Å². The summed E-state index contributed by atoms with van der Waals surface area (Å²) in [6.07, 6.45) is -2.87. The first-order chi connectivity index (χ1) is 11.5. The summed E-state index contributed by atoms with van der Waals surface area (Å²) in [5.74, 6) is 0. The van der Waals surface area contributed by atoms with E-state index in [1.165, 1.54) is 0 Å². The molecule has 24 heavy (non-hydrogen) atoms. The molecule has 0 aliphatic heterocycles. The monoisotopic (exact) mass is 369 g/mol. The van der Waals surface area contributed by atoms with Crippen LogP contribution >= 0.6 is 23.1 Å². The number of hydrogen-bond acceptors (Lipinski definition) is 7. The first-order valence-corrected chi connectivity index (χ1v) is 9.02. The van der Waals surface area contributed by atoms with E-state index < -0.39 is 24.5 Å². The minimum Gasteiger partial charge on any atom is -0.450 e. The molecular formula is C15H15NO6S2. The summed E-state index contributed by atoms with van der Waals surface area (Å²) >= 11 is 3.16. The number of thiazole rings is 1. The van der Waals surface area contributed by atoms with E-state index in [1.807, 2.05) is 24.3 Å². The standard InChI is InChI=1S/C15H15NO6S2/c17-14(18)21-10-6-5-8(7-11(10)22-15(19)20)23-13-16-9-3-1-2-4-12(9)24-13/h1-4,8,10-11H,5-7H2,(H,17,18)(H,19,20). The summed E-state index contributed by atoms with van der Waals surface area (Å²) in [7, 11) is 0. The van der Waals surface area contributed by atoms with Crippen molar-refractivity contribution in [2.24, 2.45) is 0 Å². The molecule has 7 nitrogen and oxygen atoms in total. The lowest BCUT2D eigenvalue weighted by molar-refractivity contribution is -0.0564. The number of aromatic nitrogens is 1. The highest BCUT2D eigenvalue weighted by Crippen LogP contribution is 2.39. The zero-order valence-corrected chi connectivity index (χ0v) is 14.1. The highest BCUT2D eigenvalue weighted by atomic mass is 32.2. The molecule has 1 aliphatic rings. The molecule has 0 radical (unpaired) electrons. The number of fused-ring (bicyclic) bond motifs is 1. The largest absolute Gasteiger partial charge is 0.506 e. The average Bonchev–Trinajstić information content (AvgIpc) is 2.91. The van der Waals surface area contributed by atoms with Crippen LogP contribution in [0.1, 0.15) is 19.3 Å². The van der Waals surface area contributed by atoms with Crippen LogP contribution < -0.4 is 0 Å². The fourth-order valence-electron chi connectivity index (χ4n) is 2.73. The van der Waals surface area contributed by atoms with Gasteiger partial charge in [-0.3, -0.25) is 0 Å². The lowest BCUT2D eigenvalue weighted by atomic mass is 9.94. The molecule has 0 bridgehead atoms. The average molecular weight is 369 g/mol. The molecule has 3 unspecified atom stereocenters. The topological polar surface area (TPSA) is 106 Å². The van der Waals surface area contributed by atoms with Crippen molar-refractivity contribution in [3.63, 3.8) is 0 Å². The van der Waals surface area contributed by atoms with Gasteiger partial charge in [0.15, 0.2) is 4.34 Å². The smallest absolute Gasteiger partial charge is 0.450 e. The molecule has 1 aromatic heterocycles. The lowest BCUT2D eigenvalue weighted by Gasteiger charge is -2.33. The van der Waals surface area contributed by atoms with Gasteiger partial charge in [-0.15, -0.1) is 11.3 Å². The van der Waals surface area contributed by atoms with E-state index in [4.69, 9.17) is 19.7 Å². The van der Waals surface area contributed by atoms with E-state index in [0.29, 0.717) is 19.3 Å². The predicted molar refractivity (Wildman–Crippen MR) is 88.9 cm³/mol. The molecule has 1 aliphatic carbocycles. The first-order valence-electron chi connectivity index (χ1n) is 7.32. The Hall–Kier alpha value is -2.00. The molecule has 2 aromatic rings. The zero-order valence-electron chi connectivity index (χ0n) is 12.5. The molecule has 3 atom stereocenters. The van der Waals surface area contributed by atoms with Crippen LogP contribution in [0.3, 0.4) is 0 Å². The van der Waals surface area contributed by atoms with Crippen molar-refractivity contribution in [1.82, 2.24) is 4.98 Å². The molecule has 1 fully saturated rings. The maximum absolute atomic E-state index is 10.8. The molecule has 9 heteroatoms. The van der Waals surface area contributed by atoms with Crippen LogP contribution in [-0.4, -0.2) is 45.0 Å². The van der Waals surface area contributed by atoms with E-state index >= 15 is 0 Å². The van der Waals surface area contributed by atoms with Gasteiger partial charge in [0.05, 0.1) is 10.2 Å². The Bertz CT molecular complexity index is 715. The third kappa shape index (κ3) is 4.09. The number of ether oxygens (including phenoxy) is 2. The Labute approximate surface area is 145 Å². The van der Waals surface area contributed by atoms with Gasteiger partial charge in [0.2, 0.25) is 0 Å². The van der Waals surface area contributed by atoms with Crippen LogP contribution in [0.15, 0.2) is 28.6 Å². The van der Waals surface area contributed by atoms with Crippen LogP contribution in [-0.2, 0) is 9.47 Å². The minimum absolute atomic E-state index is 0.101. The van der Waals surface area contributed by atoms with Crippen molar-refractivity contribution in [3.05, 3.63) is 24.3 Å². The summed E-state index contributed by atoms with van der Waals surface area (Å²) in [5, 5.41) is 17.7. The highest BCUT2D eigenvalue weighted by Gasteiger charge is 2.36. The molecule has 128 valence electrons. The number of hydrogen-bond donors (Lipinski definition) is 2. The van der Waals surface area contributed by atoms with Crippen molar-refractivity contribution >= 4 is 45.6 Å². The SMILES string of the molecule is O=C(O)OC1CCC(Sc2nc3ccccc3s2)CC1OC(=O)O. The van der Waals surface area contributed by atoms with Crippen LogP contribution in [0.5, 0.6) is 0 Å². The van der Waals surface area contributed by atoms with Crippen molar-refractivity contribution in [2.45, 2.75) is 41.1 Å². The van der Waals surface area contributed by atoms with Crippen LogP contribution in [0.2, 0.25) is 0 Å². The summed E-state index contributed by atoms with van der Waals surface area (Å²) in [4.78, 5) is 26.1. The van der Waals surface area contributed by atoms with E-state index in [1.54, 1.807) is 23.1 Å². The normalized spacial score (nSPS) is 23.8. The molecule has 2 N–H and O–H groups in total. The quantitative estimate of drug-likeness (QED) is 0.777. The first kappa shape index (κ1) is 16.8. The minimum atomic E-state index is -1.43. The maximum atomic E-state index is 10.8. The summed E-state index contributed by atoms with van der Waals surface area (Å²) in [6, 6.07) is 7.84. The summed E-state index contributed by atoms with van der Waals surface area (Å²) in [5.41, 5.74) is 0.936. The number of rotatable bonds is 4. The molecule has 1 saturated carbocycles. The van der Waals surface area contributed by atoms with Crippen molar-refractivity contribution in [3.8, 4) is 0 Å². The Kier molecular flexibility index (Phi) is 5.10. The number of nitrogens with zero attached hydrogens (tertiary/aromatic N) is 1. The number of thioether (sulfide) groups is 1. The third-order valence-corrected chi connectivity index (χ3v) is 6.15. The van der Waals surface area contributed by atoms with E-state index in [2.05, 4.69) is 4.98 Å². The van der Waals surface area contributed by atoms with Crippen molar-refractivity contribution in [1.29, 1.82) is 0 Å². The third-order valence-electron chi connectivity index (χ3n) is 3.73. The van der Waals surface area contributed by atoms with E-state index in [9.17, 15) is 9.59 Å². The van der Waals surface area contributed by atoms with Gasteiger partial charge >= 0.3 is 12.3 Å². The van der Waals surface area contributed by atoms with Gasteiger partial charge in [-0.05, 0) is 25.0 Å². The Morgan fingerprint density at radius 1 is 1.12 bits per heavy atom. The highest BCUT2D eigenvalue weighted by molar-refractivity contribution is 8.01. The number of para-hydroxylation sites is 1. The zero-order chi connectivity index (χ0) is 17.1. The number of benzene rings is 1. The van der Waals surface area contributed by atoms with Gasteiger partial charge in [-0.1, -0.05) is 23.9 Å². The fourth-order valence-corrected chi connectivity index (χ4v) is 5.28. The maximum Gasteiger partial charge on any atom is 0.506 e. The molecule has 1 aromatic carbocycles. The summed E-state index contributed by atoms with van der Waals surface area (Å²) < 4.78 is 11.6. The Morgan fingerprint density at radius 2 is 1.83 bits per heavy atom. The fraction of sp³-hybridized carbons (Fsp3) is 0.400. The Morgan fingerprint density at radius 3 is 2.54 bits per heavy atom. The summed E-state index contributed by atoms with van der Waals surface area (Å²) in [6.45, 7) is 0.